The quantitative estimate of drug-likeness (QED) is 0.150. The van der Waals surface area contributed by atoms with Crippen LogP contribution in [0, 0.1) is 0 Å². The molecule has 0 saturated heterocycles. The standard InChI is InChI=1S/C69H45N5/c1-5-17-44(18-6-1)47-30-37-65-61(40-47)62-43-51(33-38-66(62)74(65)69-71-67(45-19-7-2-8-20-45)70-68(72-69)46-21-9-3-10-22-46)50-32-36-64-60(42-50)59-41-49(31-35-63(59)73(64)52-23-11-4-12-24-52)48-29-34-57-55-27-14-13-25-53(55)54-26-15-16-28-56(54)58(57)39-48/h1-9,11-21,23-43H,10,22H2. The summed E-state index contributed by atoms with van der Waals surface area (Å²) in [4.78, 5) is 15.6. The first-order valence-electron chi connectivity index (χ1n) is 25.5. The molecule has 0 atom stereocenters. The van der Waals surface area contributed by atoms with Crippen LogP contribution in [0.1, 0.15) is 18.7 Å². The van der Waals surface area contributed by atoms with Crippen LogP contribution in [0.25, 0.3) is 138 Å². The number of hydrogen-bond acceptors (Lipinski definition) is 3. The summed E-state index contributed by atoms with van der Waals surface area (Å²) in [6.07, 6.45) is 8.28. The third-order valence-electron chi connectivity index (χ3n) is 15.2. The van der Waals surface area contributed by atoms with Crippen LogP contribution in [0.4, 0.5) is 0 Å². The third kappa shape index (κ3) is 6.82. The van der Waals surface area contributed by atoms with Crippen molar-refractivity contribution in [2.75, 3.05) is 0 Å². The van der Waals surface area contributed by atoms with Gasteiger partial charge in [0.15, 0.2) is 11.6 Å². The van der Waals surface area contributed by atoms with Gasteiger partial charge in [0.1, 0.15) is 0 Å². The Hall–Kier alpha value is -9.71. The summed E-state index contributed by atoms with van der Waals surface area (Å²) in [5, 5.41) is 12.3. The van der Waals surface area contributed by atoms with Crippen molar-refractivity contribution in [3.8, 4) is 56.4 Å². The van der Waals surface area contributed by atoms with Crippen molar-refractivity contribution in [2.24, 2.45) is 0 Å². The number of allylic oxidation sites excluding steroid dienone is 4. The molecule has 0 fully saturated rings. The molecule has 0 bridgehead atoms. The topological polar surface area (TPSA) is 48.5 Å². The molecular formula is C69H45N5. The average molecular weight is 944 g/mol. The smallest absolute Gasteiger partial charge is 0.238 e. The van der Waals surface area contributed by atoms with E-state index in [-0.39, 0.29) is 0 Å². The van der Waals surface area contributed by atoms with Gasteiger partial charge in [0.05, 0.1) is 22.1 Å². The van der Waals surface area contributed by atoms with Crippen molar-refractivity contribution < 1.29 is 0 Å². The highest BCUT2D eigenvalue weighted by Gasteiger charge is 2.21. The number of para-hydroxylation sites is 1. The maximum Gasteiger partial charge on any atom is 0.238 e. The first-order valence-corrected chi connectivity index (χ1v) is 25.5. The second-order valence-corrected chi connectivity index (χ2v) is 19.5. The molecule has 11 aromatic carbocycles. The highest BCUT2D eigenvalue weighted by atomic mass is 15.2. The van der Waals surface area contributed by atoms with E-state index in [0.29, 0.717) is 17.6 Å². The van der Waals surface area contributed by atoms with E-state index in [9.17, 15) is 0 Å². The predicted molar refractivity (Wildman–Crippen MR) is 309 cm³/mol. The summed E-state index contributed by atoms with van der Waals surface area (Å²) in [5.41, 5.74) is 14.6. The van der Waals surface area contributed by atoms with Crippen LogP contribution >= 0.6 is 0 Å². The molecule has 0 spiro atoms. The zero-order chi connectivity index (χ0) is 48.7. The van der Waals surface area contributed by atoms with E-state index in [2.05, 4.69) is 240 Å². The van der Waals surface area contributed by atoms with Crippen LogP contribution in [0.15, 0.2) is 249 Å². The fourth-order valence-corrected chi connectivity index (χ4v) is 11.7. The summed E-state index contributed by atoms with van der Waals surface area (Å²) in [6, 6.07) is 83.9. The van der Waals surface area contributed by atoms with Crippen LogP contribution in [0.2, 0.25) is 0 Å². The number of aromatic nitrogens is 5. The van der Waals surface area contributed by atoms with Crippen molar-refractivity contribution in [1.82, 2.24) is 24.1 Å². The first-order chi connectivity index (χ1) is 36.7. The summed E-state index contributed by atoms with van der Waals surface area (Å²) < 4.78 is 4.64. The Morgan fingerprint density at radius 2 is 0.703 bits per heavy atom. The maximum atomic E-state index is 5.28. The molecule has 0 aliphatic heterocycles. The molecule has 14 aromatic rings. The van der Waals surface area contributed by atoms with Crippen molar-refractivity contribution in [2.45, 2.75) is 12.8 Å². The lowest BCUT2D eigenvalue weighted by Gasteiger charge is -2.13. The monoisotopic (exact) mass is 943 g/mol. The highest BCUT2D eigenvalue weighted by molar-refractivity contribution is 6.26. The minimum absolute atomic E-state index is 0.600. The van der Waals surface area contributed by atoms with Gasteiger partial charge in [0.25, 0.3) is 0 Å². The van der Waals surface area contributed by atoms with Crippen LogP contribution in [0.3, 0.4) is 0 Å². The Kier molecular flexibility index (Phi) is 9.64. The van der Waals surface area contributed by atoms with E-state index in [4.69, 9.17) is 15.0 Å². The van der Waals surface area contributed by atoms with Crippen molar-refractivity contribution in [3.63, 3.8) is 0 Å². The molecule has 5 heteroatoms. The first kappa shape index (κ1) is 42.0. The number of benzene rings is 11. The van der Waals surface area contributed by atoms with Crippen molar-refractivity contribution >= 4 is 81.5 Å². The van der Waals surface area contributed by atoms with Gasteiger partial charge in [-0.1, -0.05) is 182 Å². The second-order valence-electron chi connectivity index (χ2n) is 19.5. The SMILES string of the molecule is C1=CCCC(c2nc(-c3ccccc3)nc(-n3c4ccc(-c5ccccc5)cc4c4cc(-c5ccc6c(c5)c5cc(-c7ccc8c9ccccc9c9ccccc9c8c7)ccc5n6-c5ccccc5)ccc43)n2)=C1. The molecule has 1 aliphatic carbocycles. The van der Waals surface area contributed by atoms with Crippen molar-refractivity contribution in [1.29, 1.82) is 0 Å². The zero-order valence-electron chi connectivity index (χ0n) is 40.3. The molecule has 0 saturated carbocycles. The van der Waals surface area contributed by atoms with E-state index in [1.54, 1.807) is 0 Å². The molecule has 3 heterocycles. The lowest BCUT2D eigenvalue weighted by molar-refractivity contribution is 0.913. The van der Waals surface area contributed by atoms with Gasteiger partial charge >= 0.3 is 0 Å². The van der Waals surface area contributed by atoms with E-state index in [0.717, 1.165) is 73.7 Å². The molecule has 0 N–H and O–H groups in total. The van der Waals surface area contributed by atoms with Gasteiger partial charge in [-0.15, -0.1) is 0 Å². The number of rotatable bonds is 7. The number of fused-ring (bicyclic) bond motifs is 12. The molecule has 0 radical (unpaired) electrons. The fourth-order valence-electron chi connectivity index (χ4n) is 11.7. The summed E-state index contributed by atoms with van der Waals surface area (Å²) in [6.45, 7) is 0. The van der Waals surface area contributed by atoms with Gasteiger partial charge in [0.2, 0.25) is 5.95 Å². The third-order valence-corrected chi connectivity index (χ3v) is 15.2. The Morgan fingerprint density at radius 3 is 1.22 bits per heavy atom. The van der Waals surface area contributed by atoms with Gasteiger partial charge in [0, 0.05) is 32.8 Å². The van der Waals surface area contributed by atoms with E-state index < -0.39 is 0 Å². The molecule has 74 heavy (non-hydrogen) atoms. The largest absolute Gasteiger partial charge is 0.309 e. The molecule has 346 valence electrons. The Bertz CT molecular complexity index is 4600. The van der Waals surface area contributed by atoms with Crippen molar-refractivity contribution in [3.05, 3.63) is 255 Å². The number of nitrogens with zero attached hydrogens (tertiary/aromatic N) is 5. The van der Waals surface area contributed by atoms with Gasteiger partial charge in [-0.3, -0.25) is 4.57 Å². The molecular weight excluding hydrogens is 899 g/mol. The molecule has 0 unspecified atom stereocenters. The average Bonchev–Trinajstić information content (AvgIpc) is 3.99. The highest BCUT2D eigenvalue weighted by Crippen LogP contribution is 2.42. The normalized spacial score (nSPS) is 12.8. The van der Waals surface area contributed by atoms with Gasteiger partial charge in [-0.25, -0.2) is 4.98 Å². The molecule has 15 rings (SSSR count). The zero-order valence-corrected chi connectivity index (χ0v) is 40.3. The van der Waals surface area contributed by atoms with Crippen LogP contribution in [-0.4, -0.2) is 24.1 Å². The molecule has 5 nitrogen and oxygen atoms in total. The second kappa shape index (κ2) is 17.0. The van der Waals surface area contributed by atoms with Gasteiger partial charge in [-0.2, -0.15) is 9.97 Å². The minimum atomic E-state index is 0.600. The van der Waals surface area contributed by atoms with Gasteiger partial charge < -0.3 is 4.57 Å². The maximum absolute atomic E-state index is 5.28. The Morgan fingerprint density at radius 1 is 0.297 bits per heavy atom. The predicted octanol–water partition coefficient (Wildman–Crippen LogP) is 17.9. The lowest BCUT2D eigenvalue weighted by Crippen LogP contribution is -2.08. The molecule has 0 amide bonds. The van der Waals surface area contributed by atoms with Gasteiger partial charge in [-0.05, 0) is 151 Å². The summed E-state index contributed by atoms with van der Waals surface area (Å²) >= 11 is 0. The van der Waals surface area contributed by atoms with Crippen LogP contribution < -0.4 is 0 Å². The summed E-state index contributed by atoms with van der Waals surface area (Å²) in [5.74, 6) is 1.96. The molecule has 3 aromatic heterocycles. The minimum Gasteiger partial charge on any atom is -0.309 e. The Balaban J connectivity index is 0.929. The summed E-state index contributed by atoms with van der Waals surface area (Å²) in [7, 11) is 0. The van der Waals surface area contributed by atoms with Crippen LogP contribution in [-0.2, 0) is 0 Å². The fraction of sp³-hybridized carbons (Fsp3) is 0.0290. The van der Waals surface area contributed by atoms with Crippen LogP contribution in [0.5, 0.6) is 0 Å². The Labute approximate surface area is 427 Å². The number of hydrogen-bond donors (Lipinski definition) is 0. The lowest BCUT2D eigenvalue weighted by atomic mass is 9.92. The van der Waals surface area contributed by atoms with E-state index >= 15 is 0 Å². The van der Waals surface area contributed by atoms with E-state index in [1.807, 2.05) is 18.2 Å². The molecule has 1 aliphatic rings. The van der Waals surface area contributed by atoms with E-state index in [1.165, 1.54) is 65.3 Å².